The third-order valence-corrected chi connectivity index (χ3v) is 7.04. The Hall–Kier alpha value is -1.94. The molecule has 0 saturated carbocycles. The van der Waals surface area contributed by atoms with Gasteiger partial charge in [-0.25, -0.2) is 8.78 Å². The number of hydrogen-bond acceptors (Lipinski definition) is 2. The lowest BCUT2D eigenvalue weighted by atomic mass is 9.71. The molecule has 31 heavy (non-hydrogen) atoms. The molecule has 4 heteroatoms. The third kappa shape index (κ3) is 5.46. The van der Waals surface area contributed by atoms with Crippen molar-refractivity contribution in [3.8, 4) is 5.75 Å². The fourth-order valence-corrected chi connectivity index (χ4v) is 4.94. The number of nitrogens with zero attached hydrogens (tertiary/aromatic N) is 1. The van der Waals surface area contributed by atoms with Crippen molar-refractivity contribution < 1.29 is 13.5 Å². The van der Waals surface area contributed by atoms with Gasteiger partial charge < -0.3 is 4.74 Å². The summed E-state index contributed by atoms with van der Waals surface area (Å²) in [6.45, 7) is 11.2. The van der Waals surface area contributed by atoms with Gasteiger partial charge in [-0.1, -0.05) is 31.5 Å². The zero-order valence-electron chi connectivity index (χ0n) is 19.9. The zero-order valence-corrected chi connectivity index (χ0v) is 19.9. The largest absolute Gasteiger partial charge is 0.489 e. The zero-order chi connectivity index (χ0) is 22.8. The van der Waals surface area contributed by atoms with Gasteiger partial charge in [-0.05, 0) is 95.2 Å². The van der Waals surface area contributed by atoms with Gasteiger partial charge in [-0.15, -0.1) is 0 Å². The molecule has 1 saturated heterocycles. The maximum Gasteiger partial charge on any atom is 0.130 e. The van der Waals surface area contributed by atoms with E-state index in [0.717, 1.165) is 48.8 Å². The molecule has 0 spiro atoms. The molecule has 1 aliphatic rings. The molecule has 0 bridgehead atoms. The molecular formula is C27H37F2NO. The van der Waals surface area contributed by atoms with E-state index >= 15 is 4.39 Å². The smallest absolute Gasteiger partial charge is 0.130 e. The SMILES string of the molecule is CCCCc1ccc(COc2ccc(C3CC(C)(C)N(C)C(C)(C)C3)c(F)c2)cc1F. The Balaban J connectivity index is 1.68. The molecule has 0 amide bonds. The van der Waals surface area contributed by atoms with E-state index in [2.05, 4.69) is 46.6 Å². The third-order valence-electron chi connectivity index (χ3n) is 7.04. The number of ether oxygens (including phenoxy) is 1. The second-order valence-electron chi connectivity index (χ2n) is 10.3. The van der Waals surface area contributed by atoms with Crippen LogP contribution in [-0.4, -0.2) is 23.0 Å². The summed E-state index contributed by atoms with van der Waals surface area (Å²) < 4.78 is 35.1. The monoisotopic (exact) mass is 429 g/mol. The fourth-order valence-electron chi connectivity index (χ4n) is 4.94. The Kier molecular flexibility index (Phi) is 7.10. The van der Waals surface area contributed by atoms with E-state index in [4.69, 9.17) is 4.74 Å². The van der Waals surface area contributed by atoms with Gasteiger partial charge >= 0.3 is 0 Å². The first-order valence-corrected chi connectivity index (χ1v) is 11.5. The highest BCUT2D eigenvalue weighted by molar-refractivity contribution is 5.33. The summed E-state index contributed by atoms with van der Waals surface area (Å²) in [5.74, 6) is 0.228. The number of hydrogen-bond donors (Lipinski definition) is 0. The Morgan fingerprint density at radius 3 is 2.23 bits per heavy atom. The van der Waals surface area contributed by atoms with E-state index in [-0.39, 0.29) is 35.2 Å². The van der Waals surface area contributed by atoms with Gasteiger partial charge in [0.15, 0.2) is 0 Å². The summed E-state index contributed by atoms with van der Waals surface area (Å²) in [5, 5.41) is 0. The number of halogens is 2. The average Bonchev–Trinajstić information content (AvgIpc) is 2.69. The Labute approximate surface area is 186 Å². The van der Waals surface area contributed by atoms with Crippen molar-refractivity contribution in [3.63, 3.8) is 0 Å². The summed E-state index contributed by atoms with van der Waals surface area (Å²) in [6.07, 6.45) is 4.59. The lowest BCUT2D eigenvalue weighted by molar-refractivity contribution is -0.0133. The lowest BCUT2D eigenvalue weighted by Gasteiger charge is -2.53. The van der Waals surface area contributed by atoms with Gasteiger partial charge in [-0.2, -0.15) is 0 Å². The van der Waals surface area contributed by atoms with Crippen LogP contribution in [0.15, 0.2) is 36.4 Å². The van der Waals surface area contributed by atoms with E-state index in [1.54, 1.807) is 0 Å². The first-order valence-electron chi connectivity index (χ1n) is 11.5. The van der Waals surface area contributed by atoms with Crippen molar-refractivity contribution in [1.29, 1.82) is 0 Å². The topological polar surface area (TPSA) is 12.5 Å². The van der Waals surface area contributed by atoms with Gasteiger partial charge in [0.2, 0.25) is 0 Å². The molecule has 3 rings (SSSR count). The highest BCUT2D eigenvalue weighted by Gasteiger charge is 2.43. The number of rotatable bonds is 7. The van der Waals surface area contributed by atoms with Gasteiger partial charge in [0.25, 0.3) is 0 Å². The van der Waals surface area contributed by atoms with E-state index in [0.29, 0.717) is 5.75 Å². The van der Waals surface area contributed by atoms with Gasteiger partial charge in [-0.3, -0.25) is 4.90 Å². The predicted molar refractivity (Wildman–Crippen MR) is 124 cm³/mol. The second-order valence-corrected chi connectivity index (χ2v) is 10.3. The van der Waals surface area contributed by atoms with Gasteiger partial charge in [0, 0.05) is 17.1 Å². The van der Waals surface area contributed by atoms with Gasteiger partial charge in [0.05, 0.1) is 0 Å². The number of benzene rings is 2. The van der Waals surface area contributed by atoms with Crippen LogP contribution in [0.1, 0.15) is 82.9 Å². The van der Waals surface area contributed by atoms with Gasteiger partial charge in [0.1, 0.15) is 24.0 Å². The van der Waals surface area contributed by atoms with Crippen molar-refractivity contribution in [1.82, 2.24) is 4.90 Å². The standard InChI is InChI=1S/C27H37F2NO/c1-7-8-9-20-11-10-19(14-24(20)28)18-31-22-12-13-23(25(29)15-22)21-16-26(2,3)30(6)27(4,5)17-21/h10-15,21H,7-9,16-18H2,1-6H3. The Morgan fingerprint density at radius 1 is 0.968 bits per heavy atom. The minimum atomic E-state index is -0.222. The van der Waals surface area contributed by atoms with Crippen LogP contribution in [0.25, 0.3) is 0 Å². The van der Waals surface area contributed by atoms with Crippen molar-refractivity contribution in [2.75, 3.05) is 7.05 Å². The first-order chi connectivity index (χ1) is 14.5. The first kappa shape index (κ1) is 23.7. The molecule has 1 aliphatic heterocycles. The highest BCUT2D eigenvalue weighted by Crippen LogP contribution is 2.45. The number of unbranched alkanes of at least 4 members (excludes halogenated alkanes) is 1. The van der Waals surface area contributed by atoms with Crippen LogP contribution in [0.4, 0.5) is 8.78 Å². The maximum atomic E-state index is 15.0. The van der Waals surface area contributed by atoms with Crippen LogP contribution in [0.5, 0.6) is 5.75 Å². The molecule has 0 radical (unpaired) electrons. The highest BCUT2D eigenvalue weighted by atomic mass is 19.1. The van der Waals surface area contributed by atoms with Crippen molar-refractivity contribution in [2.24, 2.45) is 0 Å². The minimum absolute atomic E-state index is 0.00138. The molecule has 0 N–H and O–H groups in total. The van der Waals surface area contributed by atoms with E-state index in [9.17, 15) is 4.39 Å². The average molecular weight is 430 g/mol. The summed E-state index contributed by atoms with van der Waals surface area (Å²) in [7, 11) is 2.16. The number of aryl methyl sites for hydroxylation is 1. The summed E-state index contributed by atoms with van der Waals surface area (Å²) in [4.78, 5) is 2.40. The van der Waals surface area contributed by atoms with E-state index in [1.165, 1.54) is 12.1 Å². The van der Waals surface area contributed by atoms with Crippen LogP contribution >= 0.6 is 0 Å². The quantitative estimate of drug-likeness (QED) is 0.459. The molecule has 2 nitrogen and oxygen atoms in total. The summed E-state index contributed by atoms with van der Waals surface area (Å²) in [6, 6.07) is 10.4. The molecule has 2 aromatic rings. The summed E-state index contributed by atoms with van der Waals surface area (Å²) in [5.41, 5.74) is 2.25. The molecular weight excluding hydrogens is 392 g/mol. The molecule has 1 fully saturated rings. The predicted octanol–water partition coefficient (Wildman–Crippen LogP) is 7.25. The molecule has 2 aromatic carbocycles. The minimum Gasteiger partial charge on any atom is -0.489 e. The molecule has 0 aromatic heterocycles. The molecule has 170 valence electrons. The van der Waals surface area contributed by atoms with Crippen LogP contribution in [0, 0.1) is 11.6 Å². The maximum absolute atomic E-state index is 15.0. The Bertz CT molecular complexity index is 888. The molecule has 1 heterocycles. The molecule has 0 unspecified atom stereocenters. The lowest BCUT2D eigenvalue weighted by Crippen LogP contribution is -2.58. The number of piperidine rings is 1. The number of likely N-dealkylation sites (tertiary alicyclic amines) is 1. The van der Waals surface area contributed by atoms with Crippen LogP contribution < -0.4 is 4.74 Å². The van der Waals surface area contributed by atoms with E-state index < -0.39 is 0 Å². The second kappa shape index (κ2) is 9.28. The van der Waals surface area contributed by atoms with E-state index in [1.807, 2.05) is 24.3 Å². The van der Waals surface area contributed by atoms with Crippen LogP contribution in [-0.2, 0) is 13.0 Å². The summed E-state index contributed by atoms with van der Waals surface area (Å²) >= 11 is 0. The van der Waals surface area contributed by atoms with Crippen LogP contribution in [0.2, 0.25) is 0 Å². The van der Waals surface area contributed by atoms with Crippen molar-refractivity contribution in [2.45, 2.75) is 90.3 Å². The van der Waals surface area contributed by atoms with Crippen LogP contribution in [0.3, 0.4) is 0 Å². The fraction of sp³-hybridized carbons (Fsp3) is 0.556. The van der Waals surface area contributed by atoms with Crippen molar-refractivity contribution in [3.05, 3.63) is 64.7 Å². The molecule has 0 atom stereocenters. The Morgan fingerprint density at radius 2 is 1.65 bits per heavy atom. The van der Waals surface area contributed by atoms with Crippen molar-refractivity contribution >= 4 is 0 Å². The molecule has 0 aliphatic carbocycles. The normalized spacial score (nSPS) is 18.8.